The van der Waals surface area contributed by atoms with Crippen LogP contribution in [0.15, 0.2) is 168 Å². The Labute approximate surface area is 325 Å². The number of hydrogen-bond acceptors (Lipinski definition) is 4. The molecule has 0 radical (unpaired) electrons. The van der Waals surface area contributed by atoms with Gasteiger partial charge in [-0.05, 0) is 74.2 Å². The van der Waals surface area contributed by atoms with E-state index < -0.39 is 32.1 Å². The van der Waals surface area contributed by atoms with E-state index in [1.165, 1.54) is 0 Å². The molecule has 0 aliphatic rings. The lowest BCUT2D eigenvalue weighted by molar-refractivity contribution is 0.570. The molecule has 0 unspecified atom stereocenters. The van der Waals surface area contributed by atoms with Gasteiger partial charge in [0.15, 0.2) is 0 Å². The molecule has 0 aliphatic heterocycles. The third-order valence-electron chi connectivity index (χ3n) is 8.30. The first-order valence-corrected chi connectivity index (χ1v) is 20.9. The summed E-state index contributed by atoms with van der Waals surface area (Å²) in [4.78, 5) is 0.539. The third-order valence-corrected chi connectivity index (χ3v) is 11.2. The van der Waals surface area contributed by atoms with Gasteiger partial charge in [-0.3, -0.25) is 0 Å². The quantitative estimate of drug-likeness (QED) is 0.135. The SMILES string of the molecule is Cc1ccc([C@H](NS(=O)(=O)c2ccc(C)cc2)c2ccccc2)cc1.Cc1ccc([C@H](NS(=O)(=O)c2ccc(C)cc2)c2ccccc2)cc1.ClCCl. The van der Waals surface area contributed by atoms with Gasteiger partial charge in [0.05, 0.1) is 27.2 Å². The number of rotatable bonds is 10. The van der Waals surface area contributed by atoms with Crippen LogP contribution in [0.2, 0.25) is 0 Å². The summed E-state index contributed by atoms with van der Waals surface area (Å²) in [6.45, 7) is 7.89. The van der Waals surface area contributed by atoms with Gasteiger partial charge in [0.1, 0.15) is 0 Å². The van der Waals surface area contributed by atoms with Crippen molar-refractivity contribution in [2.24, 2.45) is 0 Å². The maximum atomic E-state index is 12.9. The summed E-state index contributed by atoms with van der Waals surface area (Å²) in [6.07, 6.45) is 0. The molecule has 2 N–H and O–H groups in total. The molecule has 0 saturated heterocycles. The molecule has 0 spiro atoms. The van der Waals surface area contributed by atoms with Crippen LogP contribution >= 0.6 is 23.2 Å². The Morgan fingerprint density at radius 2 is 0.623 bits per heavy atom. The average Bonchev–Trinajstić information content (AvgIpc) is 3.15. The Hall–Kier alpha value is -4.28. The normalized spacial score (nSPS) is 12.3. The minimum atomic E-state index is -3.63. The van der Waals surface area contributed by atoms with Crippen molar-refractivity contribution in [3.63, 3.8) is 0 Å². The standard InChI is InChI=1S/2C21H21NO2S.CH2Cl2/c2*1-16-8-12-19(13-9-16)21(18-6-4-3-5-7-18)22-25(23,24)20-14-10-17(2)11-15-20;2-1-3/h2*3-15,21-22H,1-2H3;1H2/t2*21-;/m11./s1. The number of halogens is 2. The number of alkyl halides is 2. The third kappa shape index (κ3) is 12.4. The van der Waals surface area contributed by atoms with E-state index in [9.17, 15) is 16.8 Å². The number of nitrogens with one attached hydrogen (secondary N) is 2. The Bertz CT molecular complexity index is 2060. The van der Waals surface area contributed by atoms with E-state index in [4.69, 9.17) is 23.2 Å². The van der Waals surface area contributed by atoms with Crippen molar-refractivity contribution < 1.29 is 16.8 Å². The lowest BCUT2D eigenvalue weighted by Gasteiger charge is -2.20. The van der Waals surface area contributed by atoms with E-state index in [1.54, 1.807) is 48.5 Å². The first-order chi connectivity index (χ1) is 25.3. The molecule has 0 aromatic heterocycles. The summed E-state index contributed by atoms with van der Waals surface area (Å²) in [7, 11) is -7.27. The molecule has 2 atom stereocenters. The van der Waals surface area contributed by atoms with Gasteiger partial charge < -0.3 is 0 Å². The van der Waals surface area contributed by atoms with Gasteiger partial charge in [-0.15, -0.1) is 23.2 Å². The maximum Gasteiger partial charge on any atom is 0.241 e. The van der Waals surface area contributed by atoms with Crippen LogP contribution in [-0.2, 0) is 20.0 Å². The van der Waals surface area contributed by atoms with Crippen LogP contribution in [0.3, 0.4) is 0 Å². The average molecular weight is 788 g/mol. The van der Waals surface area contributed by atoms with Crippen molar-refractivity contribution >= 4 is 43.2 Å². The van der Waals surface area contributed by atoms with E-state index >= 15 is 0 Å². The van der Waals surface area contributed by atoms with Crippen LogP contribution in [0.25, 0.3) is 0 Å². The fourth-order valence-corrected chi connectivity index (χ4v) is 7.77. The highest BCUT2D eigenvalue weighted by atomic mass is 35.5. The maximum absolute atomic E-state index is 12.9. The lowest BCUT2D eigenvalue weighted by Crippen LogP contribution is -2.29. The Balaban J connectivity index is 0.000000220. The highest BCUT2D eigenvalue weighted by molar-refractivity contribution is 7.89. The zero-order valence-corrected chi connectivity index (χ0v) is 33.2. The molecule has 10 heteroatoms. The van der Waals surface area contributed by atoms with Crippen LogP contribution < -0.4 is 9.44 Å². The molecule has 6 aromatic rings. The smallest absolute Gasteiger partial charge is 0.207 e. The summed E-state index contributed by atoms with van der Waals surface area (Å²) in [5.74, 6) is 0. The molecule has 0 aliphatic carbocycles. The summed E-state index contributed by atoms with van der Waals surface area (Å²) < 4.78 is 57.1. The van der Waals surface area contributed by atoms with E-state index in [0.29, 0.717) is 0 Å². The predicted molar refractivity (Wildman–Crippen MR) is 219 cm³/mol. The van der Waals surface area contributed by atoms with Crippen molar-refractivity contribution in [3.8, 4) is 0 Å². The van der Waals surface area contributed by atoms with Gasteiger partial charge in [-0.25, -0.2) is 16.8 Å². The van der Waals surface area contributed by atoms with Crippen molar-refractivity contribution in [3.05, 3.63) is 202 Å². The zero-order valence-electron chi connectivity index (χ0n) is 30.1. The number of benzene rings is 6. The van der Waals surface area contributed by atoms with Crippen LogP contribution in [0, 0.1) is 27.7 Å². The minimum absolute atomic E-state index is 0.194. The number of hydrogen-bond donors (Lipinski definition) is 2. The van der Waals surface area contributed by atoms with E-state index in [-0.39, 0.29) is 15.1 Å². The molecular formula is C43H44Cl2N2O4S2. The molecule has 276 valence electrons. The van der Waals surface area contributed by atoms with E-state index in [1.807, 2.05) is 137 Å². The highest BCUT2D eigenvalue weighted by Crippen LogP contribution is 2.27. The number of sulfonamides is 2. The van der Waals surface area contributed by atoms with Gasteiger partial charge >= 0.3 is 0 Å². The molecule has 0 amide bonds. The first kappa shape index (κ1) is 41.5. The lowest BCUT2D eigenvalue weighted by atomic mass is 9.99. The van der Waals surface area contributed by atoms with Crippen molar-refractivity contribution in [2.45, 2.75) is 49.6 Å². The zero-order chi connectivity index (χ0) is 38.4. The van der Waals surface area contributed by atoms with Crippen molar-refractivity contribution in [1.82, 2.24) is 9.44 Å². The summed E-state index contributed by atoms with van der Waals surface area (Å²) >= 11 is 9.53. The monoisotopic (exact) mass is 786 g/mol. The molecule has 6 nitrogen and oxygen atoms in total. The second kappa shape index (κ2) is 19.7. The number of aryl methyl sites for hydroxylation is 4. The summed E-state index contributed by atoms with van der Waals surface area (Å²) in [6, 6.07) is 47.9. The Kier molecular flexibility index (Phi) is 15.4. The van der Waals surface area contributed by atoms with Gasteiger partial charge in [0, 0.05) is 0 Å². The fourth-order valence-electron chi connectivity index (χ4n) is 5.35. The van der Waals surface area contributed by atoms with E-state index in [2.05, 4.69) is 9.44 Å². The molecule has 0 heterocycles. The fraction of sp³-hybridized carbons (Fsp3) is 0.163. The van der Waals surface area contributed by atoms with Crippen molar-refractivity contribution in [1.29, 1.82) is 0 Å². The van der Waals surface area contributed by atoms with Gasteiger partial charge in [-0.1, -0.05) is 156 Å². The molecule has 0 saturated carbocycles. The van der Waals surface area contributed by atoms with E-state index in [0.717, 1.165) is 44.5 Å². The molecule has 53 heavy (non-hydrogen) atoms. The molecule has 6 rings (SSSR count). The van der Waals surface area contributed by atoms with Gasteiger partial charge in [0.25, 0.3) is 0 Å². The molecular weight excluding hydrogens is 744 g/mol. The molecule has 6 aromatic carbocycles. The first-order valence-electron chi connectivity index (χ1n) is 16.9. The van der Waals surface area contributed by atoms with Gasteiger partial charge in [-0.2, -0.15) is 9.44 Å². The Morgan fingerprint density at radius 1 is 0.396 bits per heavy atom. The van der Waals surface area contributed by atoms with Crippen molar-refractivity contribution in [2.75, 3.05) is 5.34 Å². The second-order valence-electron chi connectivity index (χ2n) is 12.5. The van der Waals surface area contributed by atoms with Crippen LogP contribution in [-0.4, -0.2) is 22.2 Å². The van der Waals surface area contributed by atoms with Crippen LogP contribution in [0.5, 0.6) is 0 Å². The Morgan fingerprint density at radius 3 is 0.887 bits per heavy atom. The van der Waals surface area contributed by atoms with Crippen LogP contribution in [0.4, 0.5) is 0 Å². The predicted octanol–water partition coefficient (Wildman–Crippen LogP) is 10.2. The second-order valence-corrected chi connectivity index (χ2v) is 16.7. The summed E-state index contributed by atoms with van der Waals surface area (Å²) in [5.41, 5.74) is 7.95. The topological polar surface area (TPSA) is 92.3 Å². The largest absolute Gasteiger partial charge is 0.241 e. The highest BCUT2D eigenvalue weighted by Gasteiger charge is 2.24. The van der Waals surface area contributed by atoms with Gasteiger partial charge in [0.2, 0.25) is 20.0 Å². The molecule has 0 bridgehead atoms. The summed E-state index contributed by atoms with van der Waals surface area (Å²) in [5, 5.41) is 0.194. The molecule has 0 fully saturated rings. The minimum Gasteiger partial charge on any atom is -0.207 e. The van der Waals surface area contributed by atoms with Crippen LogP contribution in [0.1, 0.15) is 56.6 Å².